The van der Waals surface area contributed by atoms with Gasteiger partial charge in [0.25, 0.3) is 0 Å². The average Bonchev–Trinajstić information content (AvgIpc) is 2.85. The molecule has 2 aromatic rings. The zero-order valence-electron chi connectivity index (χ0n) is 11.9. The summed E-state index contributed by atoms with van der Waals surface area (Å²) in [5.74, 6) is 1.32. The summed E-state index contributed by atoms with van der Waals surface area (Å²) < 4.78 is 12.4. The molecule has 2 rings (SSSR count). The van der Waals surface area contributed by atoms with Crippen molar-refractivity contribution in [3.8, 4) is 0 Å². The number of aromatic nitrogens is 2. The van der Waals surface area contributed by atoms with Gasteiger partial charge in [0.15, 0.2) is 5.82 Å². The van der Waals surface area contributed by atoms with Gasteiger partial charge in [0, 0.05) is 33.5 Å². The molecule has 0 spiro atoms. The maximum atomic E-state index is 6.11. The molecule has 0 unspecified atom stereocenters. The van der Waals surface area contributed by atoms with Crippen molar-refractivity contribution in [2.75, 3.05) is 45.4 Å². The highest BCUT2D eigenvalue weighted by Gasteiger charge is 2.17. The molecule has 0 aromatic carbocycles. The second-order valence-corrected chi connectivity index (χ2v) is 4.68. The Morgan fingerprint density at radius 2 is 1.90 bits per heavy atom. The molecule has 0 amide bonds. The predicted octanol–water partition coefficient (Wildman–Crippen LogP) is 2.17. The number of ether oxygens (including phenoxy) is 2. The van der Waals surface area contributed by atoms with Crippen molar-refractivity contribution in [3.05, 3.63) is 30.1 Å². The first-order valence-electron chi connectivity index (χ1n) is 6.56. The minimum Gasteiger partial charge on any atom is -0.383 e. The Labute approximate surface area is 124 Å². The number of anilines is 1. The van der Waals surface area contributed by atoms with Gasteiger partial charge in [-0.3, -0.25) is 0 Å². The lowest BCUT2D eigenvalue weighted by atomic mass is 10.4. The van der Waals surface area contributed by atoms with Crippen molar-refractivity contribution in [1.82, 2.24) is 9.38 Å². The van der Waals surface area contributed by atoms with Gasteiger partial charge in [0.1, 0.15) is 5.65 Å². The lowest BCUT2D eigenvalue weighted by Gasteiger charge is -2.22. The normalized spacial score (nSPS) is 11.2. The molecule has 0 fully saturated rings. The van der Waals surface area contributed by atoms with E-state index in [1.165, 1.54) is 0 Å². The highest BCUT2D eigenvalue weighted by Crippen LogP contribution is 2.23. The van der Waals surface area contributed by atoms with Crippen LogP contribution in [0.2, 0.25) is 0 Å². The molecule has 5 nitrogen and oxygen atoms in total. The van der Waals surface area contributed by atoms with Gasteiger partial charge in [0.05, 0.1) is 24.8 Å². The third-order valence-corrected chi connectivity index (χ3v) is 3.42. The SMILES string of the molecule is COCCN(CCOC)c1nc2ccccn2c1CCl. The monoisotopic (exact) mass is 297 g/mol. The molecule has 0 N–H and O–H groups in total. The van der Waals surface area contributed by atoms with Crippen molar-refractivity contribution in [2.45, 2.75) is 5.88 Å². The number of methoxy groups -OCH3 is 2. The Bertz CT molecular complexity index is 536. The van der Waals surface area contributed by atoms with Gasteiger partial charge >= 0.3 is 0 Å². The number of rotatable bonds is 8. The molecule has 2 aromatic heterocycles. The fourth-order valence-corrected chi connectivity index (χ4v) is 2.39. The van der Waals surface area contributed by atoms with Gasteiger partial charge in [-0.15, -0.1) is 11.6 Å². The van der Waals surface area contributed by atoms with E-state index in [2.05, 4.69) is 9.88 Å². The molecule has 2 heterocycles. The molecule has 0 bridgehead atoms. The van der Waals surface area contributed by atoms with E-state index in [-0.39, 0.29) is 0 Å². The largest absolute Gasteiger partial charge is 0.383 e. The van der Waals surface area contributed by atoms with E-state index in [1.54, 1.807) is 14.2 Å². The topological polar surface area (TPSA) is 39.0 Å². The van der Waals surface area contributed by atoms with Crippen LogP contribution in [0.25, 0.3) is 5.65 Å². The number of fused-ring (bicyclic) bond motifs is 1. The Hall–Kier alpha value is -1.30. The molecule has 0 atom stereocenters. The Morgan fingerprint density at radius 1 is 1.20 bits per heavy atom. The number of hydrogen-bond donors (Lipinski definition) is 0. The molecule has 6 heteroatoms. The summed E-state index contributed by atoms with van der Waals surface area (Å²) in [4.78, 5) is 6.83. The summed E-state index contributed by atoms with van der Waals surface area (Å²) in [6, 6.07) is 5.92. The summed E-state index contributed by atoms with van der Waals surface area (Å²) >= 11 is 6.11. The Kier molecular flexibility index (Phi) is 5.64. The number of imidazole rings is 1. The van der Waals surface area contributed by atoms with E-state index >= 15 is 0 Å². The maximum Gasteiger partial charge on any atom is 0.152 e. The van der Waals surface area contributed by atoms with Crippen LogP contribution in [0, 0.1) is 0 Å². The number of halogens is 1. The Balaban J connectivity index is 2.35. The summed E-state index contributed by atoms with van der Waals surface area (Å²) in [5.41, 5.74) is 1.90. The zero-order chi connectivity index (χ0) is 14.4. The van der Waals surface area contributed by atoms with Crippen LogP contribution < -0.4 is 4.90 Å². The Morgan fingerprint density at radius 3 is 2.50 bits per heavy atom. The van der Waals surface area contributed by atoms with Crippen molar-refractivity contribution >= 4 is 23.1 Å². The first-order chi connectivity index (χ1) is 9.81. The van der Waals surface area contributed by atoms with Crippen LogP contribution in [0.1, 0.15) is 5.69 Å². The fourth-order valence-electron chi connectivity index (χ4n) is 2.14. The van der Waals surface area contributed by atoms with Crippen LogP contribution in [0.15, 0.2) is 24.4 Å². The van der Waals surface area contributed by atoms with E-state index in [9.17, 15) is 0 Å². The molecule has 0 saturated carbocycles. The van der Waals surface area contributed by atoms with Crippen molar-refractivity contribution in [2.24, 2.45) is 0 Å². The second-order valence-electron chi connectivity index (χ2n) is 4.42. The highest BCUT2D eigenvalue weighted by molar-refractivity contribution is 6.17. The van der Waals surface area contributed by atoms with Crippen LogP contribution in [-0.4, -0.2) is 49.9 Å². The number of alkyl halides is 1. The third kappa shape index (κ3) is 3.23. The number of nitrogens with zero attached hydrogens (tertiary/aromatic N) is 3. The van der Waals surface area contributed by atoms with E-state index in [0.29, 0.717) is 19.1 Å². The molecule has 0 aliphatic heterocycles. The molecule has 0 aliphatic carbocycles. The molecule has 0 radical (unpaired) electrons. The predicted molar refractivity (Wildman–Crippen MR) is 80.7 cm³/mol. The third-order valence-electron chi connectivity index (χ3n) is 3.16. The lowest BCUT2D eigenvalue weighted by Crippen LogP contribution is -2.31. The molecule has 0 saturated heterocycles. The quantitative estimate of drug-likeness (QED) is 0.700. The molecule has 110 valence electrons. The highest BCUT2D eigenvalue weighted by atomic mass is 35.5. The maximum absolute atomic E-state index is 6.11. The van der Waals surface area contributed by atoms with Crippen LogP contribution in [0.4, 0.5) is 5.82 Å². The van der Waals surface area contributed by atoms with Gasteiger partial charge in [-0.25, -0.2) is 4.98 Å². The first-order valence-corrected chi connectivity index (χ1v) is 7.10. The van der Waals surface area contributed by atoms with E-state index in [4.69, 9.17) is 21.1 Å². The van der Waals surface area contributed by atoms with Gasteiger partial charge in [-0.05, 0) is 12.1 Å². The second kappa shape index (κ2) is 7.47. The van der Waals surface area contributed by atoms with E-state index in [0.717, 1.165) is 30.2 Å². The first kappa shape index (κ1) is 15.1. The van der Waals surface area contributed by atoms with Crippen LogP contribution in [0.3, 0.4) is 0 Å². The summed E-state index contributed by atoms with van der Waals surface area (Å²) in [5, 5.41) is 0. The van der Waals surface area contributed by atoms with Crippen molar-refractivity contribution in [3.63, 3.8) is 0 Å². The summed E-state index contributed by atoms with van der Waals surface area (Å²) in [7, 11) is 3.39. The molecular weight excluding hydrogens is 278 g/mol. The van der Waals surface area contributed by atoms with Crippen molar-refractivity contribution < 1.29 is 9.47 Å². The van der Waals surface area contributed by atoms with E-state index in [1.807, 2.05) is 28.8 Å². The van der Waals surface area contributed by atoms with Gasteiger partial charge < -0.3 is 18.8 Å². The van der Waals surface area contributed by atoms with Crippen LogP contribution >= 0.6 is 11.6 Å². The van der Waals surface area contributed by atoms with Crippen LogP contribution in [0.5, 0.6) is 0 Å². The average molecular weight is 298 g/mol. The van der Waals surface area contributed by atoms with Gasteiger partial charge in [-0.2, -0.15) is 0 Å². The van der Waals surface area contributed by atoms with Gasteiger partial charge in [-0.1, -0.05) is 6.07 Å². The minimum absolute atomic E-state index is 0.414. The van der Waals surface area contributed by atoms with E-state index < -0.39 is 0 Å². The van der Waals surface area contributed by atoms with Crippen molar-refractivity contribution in [1.29, 1.82) is 0 Å². The van der Waals surface area contributed by atoms with Gasteiger partial charge in [0.2, 0.25) is 0 Å². The fraction of sp³-hybridized carbons (Fsp3) is 0.500. The summed E-state index contributed by atoms with van der Waals surface area (Å²) in [6.07, 6.45) is 1.98. The lowest BCUT2D eigenvalue weighted by molar-refractivity contribution is 0.190. The standard InChI is InChI=1S/C14H20ClN3O2/c1-19-9-7-17(8-10-20-2)14-12(11-15)18-6-4-3-5-13(18)16-14/h3-6H,7-11H2,1-2H3. The number of pyridine rings is 1. The smallest absolute Gasteiger partial charge is 0.152 e. The zero-order valence-corrected chi connectivity index (χ0v) is 12.6. The minimum atomic E-state index is 0.414. The molecule has 20 heavy (non-hydrogen) atoms. The molecular formula is C14H20ClN3O2. The van der Waals surface area contributed by atoms with Crippen LogP contribution in [-0.2, 0) is 15.4 Å². The summed E-state index contributed by atoms with van der Waals surface area (Å²) in [6.45, 7) is 2.79. The molecule has 0 aliphatic rings. The number of hydrogen-bond acceptors (Lipinski definition) is 4.